The Morgan fingerprint density at radius 3 is 2.58 bits per heavy atom. The standard InChI is InChI=1S/C27H24N6O3/c1-18-7-3-4-8-21(18)25-31-26(36-32-25)23-16-33(17-28-23)15-19-11-13-20(14-12-19)29-27(34)30-22-9-5-6-10-24(22)35-2/h3-14,16-17H,15H2,1-2H3,(H2,29,30,34). The molecule has 5 aromatic rings. The van der Waals surface area contributed by atoms with Crippen LogP contribution in [0.4, 0.5) is 16.2 Å². The first-order chi connectivity index (χ1) is 17.6. The van der Waals surface area contributed by atoms with Crippen LogP contribution in [0.3, 0.4) is 0 Å². The second-order valence-electron chi connectivity index (χ2n) is 8.15. The molecule has 0 spiro atoms. The highest BCUT2D eigenvalue weighted by Crippen LogP contribution is 2.25. The number of carbonyl (C=O) groups excluding carboxylic acids is 1. The van der Waals surface area contributed by atoms with Crippen LogP contribution in [0.15, 0.2) is 89.8 Å². The minimum absolute atomic E-state index is 0.351. The van der Waals surface area contributed by atoms with E-state index in [0.717, 1.165) is 16.7 Å². The van der Waals surface area contributed by atoms with Crippen molar-refractivity contribution >= 4 is 17.4 Å². The molecule has 2 aromatic heterocycles. The maximum absolute atomic E-state index is 12.4. The van der Waals surface area contributed by atoms with E-state index >= 15 is 0 Å². The topological polar surface area (TPSA) is 107 Å². The van der Waals surface area contributed by atoms with Crippen molar-refractivity contribution in [1.29, 1.82) is 0 Å². The van der Waals surface area contributed by atoms with Gasteiger partial charge in [0.1, 0.15) is 11.4 Å². The summed E-state index contributed by atoms with van der Waals surface area (Å²) in [6.45, 7) is 2.60. The maximum atomic E-state index is 12.4. The van der Waals surface area contributed by atoms with Crippen LogP contribution in [0, 0.1) is 6.92 Å². The number of carbonyl (C=O) groups is 1. The first kappa shape index (κ1) is 22.9. The molecule has 0 aliphatic carbocycles. The van der Waals surface area contributed by atoms with Crippen molar-refractivity contribution in [2.45, 2.75) is 13.5 Å². The molecule has 9 nitrogen and oxygen atoms in total. The number of urea groups is 1. The van der Waals surface area contributed by atoms with Gasteiger partial charge in [0.15, 0.2) is 0 Å². The summed E-state index contributed by atoms with van der Waals surface area (Å²) < 4.78 is 12.6. The molecule has 0 atom stereocenters. The summed E-state index contributed by atoms with van der Waals surface area (Å²) in [6, 6.07) is 22.4. The molecule has 0 aliphatic heterocycles. The first-order valence-corrected chi connectivity index (χ1v) is 11.3. The van der Waals surface area contributed by atoms with Crippen LogP contribution in [0.1, 0.15) is 11.1 Å². The fourth-order valence-corrected chi connectivity index (χ4v) is 3.75. The van der Waals surface area contributed by atoms with Gasteiger partial charge in [-0.05, 0) is 42.3 Å². The molecule has 0 aliphatic rings. The van der Waals surface area contributed by atoms with Crippen molar-refractivity contribution in [3.05, 3.63) is 96.4 Å². The number of imidazole rings is 1. The number of hydrogen-bond donors (Lipinski definition) is 2. The average Bonchev–Trinajstić information content (AvgIpc) is 3.56. The van der Waals surface area contributed by atoms with Gasteiger partial charge in [0, 0.05) is 24.0 Å². The van der Waals surface area contributed by atoms with Gasteiger partial charge in [0.2, 0.25) is 5.82 Å². The van der Waals surface area contributed by atoms with Crippen molar-refractivity contribution in [3.63, 3.8) is 0 Å². The van der Waals surface area contributed by atoms with Gasteiger partial charge in [-0.15, -0.1) is 0 Å². The summed E-state index contributed by atoms with van der Waals surface area (Å²) in [6.07, 6.45) is 3.59. The third-order valence-corrected chi connectivity index (χ3v) is 5.60. The van der Waals surface area contributed by atoms with Crippen LogP contribution >= 0.6 is 0 Å². The predicted molar refractivity (Wildman–Crippen MR) is 137 cm³/mol. The lowest BCUT2D eigenvalue weighted by Gasteiger charge is -2.11. The van der Waals surface area contributed by atoms with Gasteiger partial charge in [-0.25, -0.2) is 9.78 Å². The summed E-state index contributed by atoms with van der Waals surface area (Å²) >= 11 is 0. The molecular formula is C27H24N6O3. The highest BCUT2D eigenvalue weighted by molar-refractivity contribution is 6.00. The Balaban J connectivity index is 1.21. The minimum Gasteiger partial charge on any atom is -0.495 e. The van der Waals surface area contributed by atoms with Crippen molar-refractivity contribution in [2.75, 3.05) is 17.7 Å². The number of hydrogen-bond acceptors (Lipinski definition) is 6. The molecule has 3 aromatic carbocycles. The van der Waals surface area contributed by atoms with Crippen LogP contribution in [0.2, 0.25) is 0 Å². The van der Waals surface area contributed by atoms with Crippen molar-refractivity contribution in [2.24, 2.45) is 0 Å². The van der Waals surface area contributed by atoms with E-state index in [1.165, 1.54) is 0 Å². The lowest BCUT2D eigenvalue weighted by atomic mass is 10.1. The number of rotatable bonds is 7. The monoisotopic (exact) mass is 480 g/mol. The van der Waals surface area contributed by atoms with E-state index in [1.807, 2.05) is 78.4 Å². The summed E-state index contributed by atoms with van der Waals surface area (Å²) in [5.41, 5.74) is 4.92. The van der Waals surface area contributed by atoms with E-state index in [-0.39, 0.29) is 6.03 Å². The number of amides is 2. The first-order valence-electron chi connectivity index (χ1n) is 11.3. The third-order valence-electron chi connectivity index (χ3n) is 5.60. The molecule has 180 valence electrons. The predicted octanol–water partition coefficient (Wildman–Crippen LogP) is 5.61. The average molecular weight is 481 g/mol. The van der Waals surface area contributed by atoms with Crippen LogP contribution in [0.25, 0.3) is 23.0 Å². The quantitative estimate of drug-likeness (QED) is 0.314. The molecule has 2 heterocycles. The Bertz CT molecular complexity index is 1490. The molecule has 0 fully saturated rings. The number of anilines is 2. The number of para-hydroxylation sites is 2. The Hall–Kier alpha value is -4.92. The highest BCUT2D eigenvalue weighted by Gasteiger charge is 2.14. The van der Waals surface area contributed by atoms with Crippen LogP contribution in [0.5, 0.6) is 5.75 Å². The molecule has 0 unspecified atom stereocenters. The van der Waals surface area contributed by atoms with Gasteiger partial charge in [0.05, 0.1) is 19.1 Å². The molecule has 0 bridgehead atoms. The second kappa shape index (κ2) is 10.1. The fourth-order valence-electron chi connectivity index (χ4n) is 3.75. The molecule has 36 heavy (non-hydrogen) atoms. The lowest BCUT2D eigenvalue weighted by Crippen LogP contribution is -2.19. The normalized spacial score (nSPS) is 10.7. The molecule has 0 saturated carbocycles. The molecular weight excluding hydrogens is 456 g/mol. The Morgan fingerprint density at radius 1 is 1.00 bits per heavy atom. The van der Waals surface area contributed by atoms with Crippen LogP contribution < -0.4 is 15.4 Å². The summed E-state index contributed by atoms with van der Waals surface area (Å²) in [5, 5.41) is 9.72. The van der Waals surface area contributed by atoms with E-state index in [1.54, 1.807) is 25.6 Å². The molecule has 2 amide bonds. The summed E-state index contributed by atoms with van der Waals surface area (Å²) in [7, 11) is 1.56. The highest BCUT2D eigenvalue weighted by atomic mass is 16.5. The van der Waals surface area contributed by atoms with E-state index in [9.17, 15) is 4.79 Å². The van der Waals surface area contributed by atoms with Crippen molar-refractivity contribution in [3.8, 4) is 28.7 Å². The summed E-state index contributed by atoms with van der Waals surface area (Å²) in [4.78, 5) is 21.3. The fraction of sp³-hybridized carbons (Fsp3) is 0.111. The van der Waals surface area contributed by atoms with Gasteiger partial charge < -0.3 is 24.5 Å². The molecule has 2 N–H and O–H groups in total. The largest absolute Gasteiger partial charge is 0.495 e. The Labute approximate surface area is 207 Å². The van der Waals surface area contributed by atoms with E-state index in [0.29, 0.717) is 41.1 Å². The van der Waals surface area contributed by atoms with Gasteiger partial charge in [-0.3, -0.25) is 0 Å². The number of benzene rings is 3. The Kier molecular flexibility index (Phi) is 6.44. The zero-order valence-corrected chi connectivity index (χ0v) is 19.8. The number of methoxy groups -OCH3 is 1. The molecule has 0 radical (unpaired) electrons. The van der Waals surface area contributed by atoms with Crippen molar-refractivity contribution < 1.29 is 14.1 Å². The molecule has 0 saturated heterocycles. The number of aromatic nitrogens is 4. The van der Waals surface area contributed by atoms with Gasteiger partial charge in [-0.1, -0.05) is 53.7 Å². The zero-order valence-electron chi connectivity index (χ0n) is 19.8. The summed E-state index contributed by atoms with van der Waals surface area (Å²) in [5.74, 6) is 1.50. The number of ether oxygens (including phenoxy) is 1. The van der Waals surface area contributed by atoms with E-state index < -0.39 is 0 Å². The maximum Gasteiger partial charge on any atom is 0.323 e. The Morgan fingerprint density at radius 2 is 1.78 bits per heavy atom. The van der Waals surface area contributed by atoms with Gasteiger partial charge in [0.25, 0.3) is 5.89 Å². The molecule has 5 rings (SSSR count). The lowest BCUT2D eigenvalue weighted by molar-refractivity contribution is 0.262. The van der Waals surface area contributed by atoms with Gasteiger partial charge >= 0.3 is 6.03 Å². The van der Waals surface area contributed by atoms with E-state index in [4.69, 9.17) is 9.26 Å². The minimum atomic E-state index is -0.351. The van der Waals surface area contributed by atoms with Crippen LogP contribution in [-0.4, -0.2) is 32.8 Å². The second-order valence-corrected chi connectivity index (χ2v) is 8.15. The van der Waals surface area contributed by atoms with Crippen LogP contribution in [-0.2, 0) is 6.54 Å². The number of aryl methyl sites for hydroxylation is 1. The van der Waals surface area contributed by atoms with Gasteiger partial charge in [-0.2, -0.15) is 4.98 Å². The van der Waals surface area contributed by atoms with E-state index in [2.05, 4.69) is 25.8 Å². The SMILES string of the molecule is COc1ccccc1NC(=O)Nc1ccc(Cn2cnc(-c3nc(-c4ccccc4C)no3)c2)cc1. The third kappa shape index (κ3) is 5.10. The smallest absolute Gasteiger partial charge is 0.323 e. The number of nitrogens with zero attached hydrogens (tertiary/aromatic N) is 4. The number of nitrogens with one attached hydrogen (secondary N) is 2. The van der Waals surface area contributed by atoms with Crippen molar-refractivity contribution in [1.82, 2.24) is 19.7 Å². The zero-order chi connectivity index (χ0) is 24.9. The molecule has 9 heteroatoms.